The molecule has 1 N–H and O–H groups in total. The molecule has 0 radical (unpaired) electrons. The summed E-state index contributed by atoms with van der Waals surface area (Å²) in [6, 6.07) is 14.0. The Balaban J connectivity index is 1.84. The van der Waals surface area contributed by atoms with E-state index < -0.39 is 0 Å². The van der Waals surface area contributed by atoms with Crippen molar-refractivity contribution in [1.82, 2.24) is 9.78 Å². The first-order chi connectivity index (χ1) is 9.70. The van der Waals surface area contributed by atoms with Gasteiger partial charge >= 0.3 is 0 Å². The largest absolute Gasteiger partial charge is 0.508 e. The highest BCUT2D eigenvalue weighted by molar-refractivity contribution is 6.30. The Kier molecular flexibility index (Phi) is 3.31. The number of aromatic hydroxyl groups is 1. The van der Waals surface area contributed by atoms with Gasteiger partial charge in [0.15, 0.2) is 5.75 Å². The molecule has 4 nitrogen and oxygen atoms in total. The minimum absolute atomic E-state index is 0.157. The number of hydrogen-bond acceptors (Lipinski definition) is 3. The van der Waals surface area contributed by atoms with Gasteiger partial charge in [0.2, 0.25) is 0 Å². The number of phenols is 1. The Morgan fingerprint density at radius 3 is 2.70 bits per heavy atom. The number of benzene rings is 2. The molecule has 5 heteroatoms. The summed E-state index contributed by atoms with van der Waals surface area (Å²) in [5, 5.41) is 14.3. The molecular weight excluding hydrogens is 276 g/mol. The van der Waals surface area contributed by atoms with Crippen LogP contribution >= 0.6 is 11.6 Å². The molecule has 3 aromatic rings. The lowest BCUT2D eigenvalue weighted by molar-refractivity contribution is 0.455. The zero-order chi connectivity index (χ0) is 13.9. The standard InChI is InChI=1S/C15H11ClN2O2/c16-11-3-1-4-12(7-11)18-10-15(9-17-18)20-14-6-2-5-13(19)8-14/h1-10,19H. The van der Waals surface area contributed by atoms with E-state index >= 15 is 0 Å². The second-order valence-corrected chi connectivity index (χ2v) is 4.64. The highest BCUT2D eigenvalue weighted by atomic mass is 35.5. The summed E-state index contributed by atoms with van der Waals surface area (Å²) in [6.45, 7) is 0. The highest BCUT2D eigenvalue weighted by Gasteiger charge is 2.04. The summed E-state index contributed by atoms with van der Waals surface area (Å²) in [6.07, 6.45) is 3.35. The molecule has 0 aliphatic heterocycles. The van der Waals surface area contributed by atoms with Gasteiger partial charge in [-0.1, -0.05) is 23.7 Å². The molecule has 2 aromatic carbocycles. The lowest BCUT2D eigenvalue weighted by Gasteiger charge is -2.03. The van der Waals surface area contributed by atoms with E-state index in [9.17, 15) is 5.11 Å². The summed E-state index contributed by atoms with van der Waals surface area (Å²) in [4.78, 5) is 0. The van der Waals surface area contributed by atoms with E-state index in [0.29, 0.717) is 16.5 Å². The maximum atomic E-state index is 9.39. The van der Waals surface area contributed by atoms with Crippen LogP contribution in [-0.2, 0) is 0 Å². The molecule has 100 valence electrons. The van der Waals surface area contributed by atoms with Gasteiger partial charge in [0.1, 0.15) is 11.5 Å². The maximum absolute atomic E-state index is 9.39. The van der Waals surface area contributed by atoms with Gasteiger partial charge < -0.3 is 9.84 Å². The summed E-state index contributed by atoms with van der Waals surface area (Å²) in [7, 11) is 0. The molecule has 0 saturated heterocycles. The van der Waals surface area contributed by atoms with Gasteiger partial charge in [0, 0.05) is 11.1 Å². The van der Waals surface area contributed by atoms with E-state index in [0.717, 1.165) is 5.69 Å². The van der Waals surface area contributed by atoms with Gasteiger partial charge in [-0.05, 0) is 30.3 Å². The molecule has 3 rings (SSSR count). The number of aromatic nitrogens is 2. The summed E-state index contributed by atoms with van der Waals surface area (Å²) < 4.78 is 7.29. The highest BCUT2D eigenvalue weighted by Crippen LogP contribution is 2.25. The number of nitrogens with zero attached hydrogens (tertiary/aromatic N) is 2. The average Bonchev–Trinajstić information content (AvgIpc) is 2.87. The predicted molar refractivity (Wildman–Crippen MR) is 76.8 cm³/mol. The van der Waals surface area contributed by atoms with E-state index in [-0.39, 0.29) is 5.75 Å². The number of halogens is 1. The Morgan fingerprint density at radius 1 is 1.05 bits per heavy atom. The average molecular weight is 287 g/mol. The molecule has 20 heavy (non-hydrogen) atoms. The van der Waals surface area contributed by atoms with Crippen LogP contribution in [0.1, 0.15) is 0 Å². The van der Waals surface area contributed by atoms with Crippen molar-refractivity contribution in [2.45, 2.75) is 0 Å². The van der Waals surface area contributed by atoms with Crippen LogP contribution in [0.4, 0.5) is 0 Å². The fourth-order valence-electron chi connectivity index (χ4n) is 1.80. The van der Waals surface area contributed by atoms with Crippen molar-refractivity contribution in [2.75, 3.05) is 0 Å². The third-order valence-electron chi connectivity index (χ3n) is 2.68. The van der Waals surface area contributed by atoms with Crippen LogP contribution in [0.2, 0.25) is 5.02 Å². The molecule has 0 bridgehead atoms. The maximum Gasteiger partial charge on any atom is 0.165 e. The van der Waals surface area contributed by atoms with E-state index in [1.807, 2.05) is 18.2 Å². The predicted octanol–water partition coefficient (Wildman–Crippen LogP) is 4.02. The Morgan fingerprint density at radius 2 is 1.90 bits per heavy atom. The summed E-state index contributed by atoms with van der Waals surface area (Å²) >= 11 is 5.95. The minimum atomic E-state index is 0.157. The van der Waals surface area contributed by atoms with Crippen LogP contribution < -0.4 is 4.74 Å². The molecular formula is C15H11ClN2O2. The lowest BCUT2D eigenvalue weighted by Crippen LogP contribution is -1.93. The molecule has 1 heterocycles. The van der Waals surface area contributed by atoms with Crippen molar-refractivity contribution in [3.05, 3.63) is 65.9 Å². The number of phenolic OH excluding ortho intramolecular Hbond substituents is 1. The first kappa shape index (κ1) is 12.6. The fraction of sp³-hybridized carbons (Fsp3) is 0. The molecule has 0 aliphatic carbocycles. The van der Waals surface area contributed by atoms with Gasteiger partial charge in [-0.25, -0.2) is 4.68 Å². The molecule has 0 fully saturated rings. The van der Waals surface area contributed by atoms with Crippen molar-refractivity contribution >= 4 is 11.6 Å². The first-order valence-corrected chi connectivity index (χ1v) is 6.36. The van der Waals surface area contributed by atoms with Gasteiger partial charge in [-0.15, -0.1) is 0 Å². The van der Waals surface area contributed by atoms with E-state index in [1.165, 1.54) is 6.07 Å². The molecule has 1 aromatic heterocycles. The molecule has 0 saturated carbocycles. The van der Waals surface area contributed by atoms with Gasteiger partial charge in [-0.2, -0.15) is 5.10 Å². The van der Waals surface area contributed by atoms with E-state index in [1.54, 1.807) is 41.3 Å². The second kappa shape index (κ2) is 5.27. The summed E-state index contributed by atoms with van der Waals surface area (Å²) in [5.41, 5.74) is 0.850. The lowest BCUT2D eigenvalue weighted by atomic mass is 10.3. The van der Waals surface area contributed by atoms with Crippen molar-refractivity contribution < 1.29 is 9.84 Å². The quantitative estimate of drug-likeness (QED) is 0.791. The molecule has 0 aliphatic rings. The second-order valence-electron chi connectivity index (χ2n) is 4.20. The smallest absolute Gasteiger partial charge is 0.165 e. The Bertz CT molecular complexity index is 740. The van der Waals surface area contributed by atoms with Crippen LogP contribution in [0.15, 0.2) is 60.9 Å². The zero-order valence-corrected chi connectivity index (χ0v) is 11.2. The van der Waals surface area contributed by atoms with Crippen molar-refractivity contribution in [2.24, 2.45) is 0 Å². The molecule has 0 atom stereocenters. The number of hydrogen-bond donors (Lipinski definition) is 1. The topological polar surface area (TPSA) is 47.3 Å². The van der Waals surface area contributed by atoms with E-state index in [2.05, 4.69) is 5.10 Å². The number of rotatable bonds is 3. The monoisotopic (exact) mass is 286 g/mol. The molecule has 0 amide bonds. The Labute approximate surface area is 120 Å². The minimum Gasteiger partial charge on any atom is -0.508 e. The zero-order valence-electron chi connectivity index (χ0n) is 10.4. The van der Waals surface area contributed by atoms with Gasteiger partial charge in [0.25, 0.3) is 0 Å². The summed E-state index contributed by atoms with van der Waals surface area (Å²) in [5.74, 6) is 1.29. The fourth-order valence-corrected chi connectivity index (χ4v) is 1.99. The molecule has 0 unspecified atom stereocenters. The van der Waals surface area contributed by atoms with Crippen LogP contribution in [0.3, 0.4) is 0 Å². The third-order valence-corrected chi connectivity index (χ3v) is 2.92. The van der Waals surface area contributed by atoms with Gasteiger partial charge in [-0.3, -0.25) is 0 Å². The van der Waals surface area contributed by atoms with E-state index in [4.69, 9.17) is 16.3 Å². The molecule has 0 spiro atoms. The van der Waals surface area contributed by atoms with Crippen LogP contribution in [-0.4, -0.2) is 14.9 Å². The van der Waals surface area contributed by atoms with Crippen molar-refractivity contribution in [3.8, 4) is 22.9 Å². The van der Waals surface area contributed by atoms with Crippen molar-refractivity contribution in [3.63, 3.8) is 0 Å². The first-order valence-electron chi connectivity index (χ1n) is 5.98. The Hall–Kier alpha value is -2.46. The number of ether oxygens (including phenoxy) is 1. The SMILES string of the molecule is Oc1cccc(Oc2cnn(-c3cccc(Cl)c3)c2)c1. The third kappa shape index (κ3) is 2.75. The van der Waals surface area contributed by atoms with Crippen LogP contribution in [0.25, 0.3) is 5.69 Å². The van der Waals surface area contributed by atoms with Crippen LogP contribution in [0, 0.1) is 0 Å². The van der Waals surface area contributed by atoms with Gasteiger partial charge in [0.05, 0.1) is 18.1 Å². The van der Waals surface area contributed by atoms with Crippen molar-refractivity contribution in [1.29, 1.82) is 0 Å². The van der Waals surface area contributed by atoms with Crippen LogP contribution in [0.5, 0.6) is 17.2 Å². The normalized spacial score (nSPS) is 10.4.